The minimum atomic E-state index is 0.724. The summed E-state index contributed by atoms with van der Waals surface area (Å²) in [6.45, 7) is 0.724. The van der Waals surface area contributed by atoms with Gasteiger partial charge in [0, 0.05) is 41.6 Å². The summed E-state index contributed by atoms with van der Waals surface area (Å²) in [6.07, 6.45) is 6.40. The van der Waals surface area contributed by atoms with Crippen molar-refractivity contribution in [2.45, 2.75) is 6.54 Å². The van der Waals surface area contributed by atoms with Crippen LogP contribution in [0.4, 0.5) is 0 Å². The standard InChI is InChI=1S/C15H12N2O/c18-11-13-10-17(9-12-4-3-7-16-8-12)15-6-2-1-5-14(13)15/h1-8,10-11H,9H2. The van der Waals surface area contributed by atoms with Gasteiger partial charge in [-0.1, -0.05) is 24.3 Å². The highest BCUT2D eigenvalue weighted by atomic mass is 16.1. The Balaban J connectivity index is 2.10. The topological polar surface area (TPSA) is 34.9 Å². The molecule has 88 valence electrons. The maximum absolute atomic E-state index is 11.1. The first-order valence-corrected chi connectivity index (χ1v) is 5.80. The van der Waals surface area contributed by atoms with Gasteiger partial charge in [-0.15, -0.1) is 0 Å². The summed E-state index contributed by atoms with van der Waals surface area (Å²) in [5, 5.41) is 0.997. The molecule has 0 radical (unpaired) electrons. The van der Waals surface area contributed by atoms with E-state index in [1.54, 1.807) is 6.20 Å². The summed E-state index contributed by atoms with van der Waals surface area (Å²) >= 11 is 0. The number of aldehydes is 1. The molecule has 0 atom stereocenters. The predicted molar refractivity (Wildman–Crippen MR) is 70.7 cm³/mol. The van der Waals surface area contributed by atoms with Gasteiger partial charge in [-0.05, 0) is 17.7 Å². The maximum atomic E-state index is 11.1. The zero-order chi connectivity index (χ0) is 12.4. The summed E-state index contributed by atoms with van der Waals surface area (Å²) in [6, 6.07) is 11.9. The van der Waals surface area contributed by atoms with Gasteiger partial charge in [-0.25, -0.2) is 0 Å². The van der Waals surface area contributed by atoms with Crippen molar-refractivity contribution < 1.29 is 4.79 Å². The average molecular weight is 236 g/mol. The molecule has 0 fully saturated rings. The summed E-state index contributed by atoms with van der Waals surface area (Å²) < 4.78 is 2.08. The Morgan fingerprint density at radius 1 is 1.17 bits per heavy atom. The van der Waals surface area contributed by atoms with Gasteiger partial charge in [-0.2, -0.15) is 0 Å². The number of carbonyl (C=O) groups excluding carboxylic acids is 1. The van der Waals surface area contributed by atoms with Gasteiger partial charge in [0.2, 0.25) is 0 Å². The molecule has 3 aromatic rings. The summed E-state index contributed by atoms with van der Waals surface area (Å²) in [4.78, 5) is 15.2. The molecule has 0 N–H and O–H groups in total. The van der Waals surface area contributed by atoms with Gasteiger partial charge in [0.15, 0.2) is 6.29 Å². The molecular formula is C15H12N2O. The molecule has 1 aromatic carbocycles. The van der Waals surface area contributed by atoms with E-state index < -0.39 is 0 Å². The number of para-hydroxylation sites is 1. The Kier molecular flexibility index (Phi) is 2.65. The van der Waals surface area contributed by atoms with E-state index in [-0.39, 0.29) is 0 Å². The highest BCUT2D eigenvalue weighted by molar-refractivity contribution is 5.97. The van der Waals surface area contributed by atoms with Gasteiger partial charge in [0.05, 0.1) is 0 Å². The van der Waals surface area contributed by atoms with E-state index in [2.05, 4.69) is 9.55 Å². The second kappa shape index (κ2) is 4.45. The molecule has 0 aliphatic rings. The molecule has 3 nitrogen and oxygen atoms in total. The van der Waals surface area contributed by atoms with Gasteiger partial charge in [0.1, 0.15) is 0 Å². The number of fused-ring (bicyclic) bond motifs is 1. The lowest BCUT2D eigenvalue weighted by Crippen LogP contribution is -1.97. The van der Waals surface area contributed by atoms with E-state index >= 15 is 0 Å². The molecule has 2 heterocycles. The molecule has 0 unspecified atom stereocenters. The first kappa shape index (κ1) is 10.7. The molecule has 0 aliphatic heterocycles. The third kappa shape index (κ3) is 1.80. The van der Waals surface area contributed by atoms with E-state index in [0.717, 1.165) is 34.9 Å². The molecule has 0 saturated carbocycles. The molecule has 3 rings (SSSR count). The van der Waals surface area contributed by atoms with Crippen molar-refractivity contribution >= 4 is 17.2 Å². The maximum Gasteiger partial charge on any atom is 0.152 e. The fraction of sp³-hybridized carbons (Fsp3) is 0.0667. The number of hydrogen-bond donors (Lipinski definition) is 0. The van der Waals surface area contributed by atoms with Crippen LogP contribution in [0.1, 0.15) is 15.9 Å². The third-order valence-electron chi connectivity index (χ3n) is 3.02. The van der Waals surface area contributed by atoms with Gasteiger partial charge < -0.3 is 4.57 Å². The number of aromatic nitrogens is 2. The highest BCUT2D eigenvalue weighted by Gasteiger charge is 2.07. The smallest absolute Gasteiger partial charge is 0.152 e. The number of hydrogen-bond acceptors (Lipinski definition) is 2. The second-order valence-electron chi connectivity index (χ2n) is 4.21. The number of carbonyl (C=O) groups is 1. The Labute approximate surface area is 105 Å². The van der Waals surface area contributed by atoms with E-state index in [0.29, 0.717) is 0 Å². The van der Waals surface area contributed by atoms with Crippen molar-refractivity contribution in [3.63, 3.8) is 0 Å². The zero-order valence-electron chi connectivity index (χ0n) is 9.78. The van der Waals surface area contributed by atoms with Crippen LogP contribution in [0.25, 0.3) is 10.9 Å². The van der Waals surface area contributed by atoms with Crippen molar-refractivity contribution in [3.8, 4) is 0 Å². The van der Waals surface area contributed by atoms with Crippen molar-refractivity contribution in [2.24, 2.45) is 0 Å². The van der Waals surface area contributed by atoms with Crippen LogP contribution in [0.15, 0.2) is 55.0 Å². The molecule has 0 bridgehead atoms. The number of pyridine rings is 1. The fourth-order valence-electron chi connectivity index (χ4n) is 2.19. The Morgan fingerprint density at radius 3 is 2.83 bits per heavy atom. The average Bonchev–Trinajstić information content (AvgIpc) is 2.78. The normalized spacial score (nSPS) is 10.7. The quantitative estimate of drug-likeness (QED) is 0.655. The first-order valence-electron chi connectivity index (χ1n) is 5.80. The SMILES string of the molecule is O=Cc1cn(Cc2cccnc2)c2ccccc12. The monoisotopic (exact) mass is 236 g/mol. The Morgan fingerprint density at radius 2 is 2.06 bits per heavy atom. The van der Waals surface area contributed by atoms with Crippen LogP contribution in [0.2, 0.25) is 0 Å². The highest BCUT2D eigenvalue weighted by Crippen LogP contribution is 2.20. The minimum Gasteiger partial charge on any atom is -0.342 e. The predicted octanol–water partition coefficient (Wildman–Crippen LogP) is 2.90. The zero-order valence-corrected chi connectivity index (χ0v) is 9.78. The largest absolute Gasteiger partial charge is 0.342 e. The van der Waals surface area contributed by atoms with Crippen molar-refractivity contribution in [2.75, 3.05) is 0 Å². The van der Waals surface area contributed by atoms with E-state index in [4.69, 9.17) is 0 Å². The number of nitrogens with zero attached hydrogens (tertiary/aromatic N) is 2. The summed E-state index contributed by atoms with van der Waals surface area (Å²) in [7, 11) is 0. The van der Waals surface area contributed by atoms with Crippen LogP contribution in [0.5, 0.6) is 0 Å². The lowest BCUT2D eigenvalue weighted by molar-refractivity contribution is 0.112. The number of benzene rings is 1. The Bertz CT molecular complexity index is 686. The summed E-state index contributed by atoms with van der Waals surface area (Å²) in [5.74, 6) is 0. The van der Waals surface area contributed by atoms with Crippen LogP contribution < -0.4 is 0 Å². The lowest BCUT2D eigenvalue weighted by Gasteiger charge is -2.04. The van der Waals surface area contributed by atoms with Crippen molar-refractivity contribution in [1.29, 1.82) is 0 Å². The van der Waals surface area contributed by atoms with Crippen LogP contribution in [0.3, 0.4) is 0 Å². The minimum absolute atomic E-state index is 0.724. The molecule has 0 amide bonds. The molecule has 0 spiro atoms. The third-order valence-corrected chi connectivity index (χ3v) is 3.02. The molecule has 2 aromatic heterocycles. The van der Waals surface area contributed by atoms with Gasteiger partial charge in [-0.3, -0.25) is 9.78 Å². The van der Waals surface area contributed by atoms with E-state index in [1.165, 1.54) is 0 Å². The fourth-order valence-corrected chi connectivity index (χ4v) is 2.19. The van der Waals surface area contributed by atoms with Crippen LogP contribution >= 0.6 is 0 Å². The lowest BCUT2D eigenvalue weighted by atomic mass is 10.2. The van der Waals surface area contributed by atoms with E-state index in [9.17, 15) is 4.79 Å². The van der Waals surface area contributed by atoms with Crippen molar-refractivity contribution in [1.82, 2.24) is 9.55 Å². The van der Waals surface area contributed by atoms with Crippen LogP contribution in [-0.4, -0.2) is 15.8 Å². The molecule has 18 heavy (non-hydrogen) atoms. The number of rotatable bonds is 3. The van der Waals surface area contributed by atoms with Gasteiger partial charge >= 0.3 is 0 Å². The molecular weight excluding hydrogens is 224 g/mol. The molecule has 0 saturated heterocycles. The molecule has 0 aliphatic carbocycles. The Hall–Kier alpha value is -2.42. The summed E-state index contributed by atoms with van der Waals surface area (Å²) in [5.41, 5.74) is 2.92. The second-order valence-corrected chi connectivity index (χ2v) is 4.21. The molecule has 3 heteroatoms. The first-order chi connectivity index (χ1) is 8.88. The van der Waals surface area contributed by atoms with Crippen LogP contribution in [0, 0.1) is 0 Å². The van der Waals surface area contributed by atoms with Crippen molar-refractivity contribution in [3.05, 3.63) is 66.1 Å². The van der Waals surface area contributed by atoms with Crippen LogP contribution in [-0.2, 0) is 6.54 Å². The van der Waals surface area contributed by atoms with E-state index in [1.807, 2.05) is 48.8 Å². The van der Waals surface area contributed by atoms with Gasteiger partial charge in [0.25, 0.3) is 0 Å².